The fourth-order valence-electron chi connectivity index (χ4n) is 1.91. The number of carbonyl (C=O) groups excluding carboxylic acids is 2. The van der Waals surface area contributed by atoms with Crippen LogP contribution >= 0.6 is 0 Å². The van der Waals surface area contributed by atoms with Crippen LogP contribution < -0.4 is 0 Å². The minimum absolute atomic E-state index is 0.00201. The first kappa shape index (κ1) is 13.0. The van der Waals surface area contributed by atoms with Crippen molar-refractivity contribution in [2.45, 2.75) is 26.2 Å². The minimum Gasteiger partial charge on any atom is -0.450 e. The van der Waals surface area contributed by atoms with E-state index < -0.39 is 0 Å². The Balaban J connectivity index is 2.33. The summed E-state index contributed by atoms with van der Waals surface area (Å²) in [6, 6.07) is 0. The molecule has 5 heteroatoms. The SMILES string of the molecule is CCOC(=O)N1CCC(C(=O)CCO)CC1. The van der Waals surface area contributed by atoms with Crippen molar-refractivity contribution in [3.8, 4) is 0 Å². The topological polar surface area (TPSA) is 66.8 Å². The maximum absolute atomic E-state index is 11.5. The van der Waals surface area contributed by atoms with Crippen molar-refractivity contribution < 1.29 is 19.4 Å². The van der Waals surface area contributed by atoms with Crippen LogP contribution in [-0.2, 0) is 9.53 Å². The lowest BCUT2D eigenvalue weighted by atomic mass is 9.91. The lowest BCUT2D eigenvalue weighted by molar-refractivity contribution is -0.124. The van der Waals surface area contributed by atoms with Gasteiger partial charge in [0.15, 0.2) is 0 Å². The van der Waals surface area contributed by atoms with Crippen LogP contribution in [0.1, 0.15) is 26.2 Å². The third-order valence-corrected chi connectivity index (χ3v) is 2.83. The predicted molar refractivity (Wildman–Crippen MR) is 58.0 cm³/mol. The number of ether oxygens (including phenoxy) is 1. The summed E-state index contributed by atoms with van der Waals surface area (Å²) in [4.78, 5) is 24.5. The zero-order chi connectivity index (χ0) is 12.0. The largest absolute Gasteiger partial charge is 0.450 e. The molecular weight excluding hydrogens is 210 g/mol. The van der Waals surface area contributed by atoms with E-state index in [1.54, 1.807) is 11.8 Å². The number of ketones is 1. The Bertz CT molecular complexity index is 220. The first-order valence-corrected chi connectivity index (χ1v) is 5.74. The van der Waals surface area contributed by atoms with Gasteiger partial charge in [-0.1, -0.05) is 0 Å². The van der Waals surface area contributed by atoms with Crippen LogP contribution in [0.4, 0.5) is 4.79 Å². The number of aliphatic hydroxyl groups is 1. The summed E-state index contributed by atoms with van der Waals surface area (Å²) < 4.78 is 4.89. The monoisotopic (exact) mass is 229 g/mol. The van der Waals surface area contributed by atoms with Crippen LogP contribution in [0.5, 0.6) is 0 Å². The van der Waals surface area contributed by atoms with Crippen LogP contribution in [-0.4, -0.2) is 48.2 Å². The van der Waals surface area contributed by atoms with Crippen LogP contribution in [0.3, 0.4) is 0 Å². The molecule has 1 N–H and O–H groups in total. The highest BCUT2D eigenvalue weighted by Gasteiger charge is 2.27. The quantitative estimate of drug-likeness (QED) is 0.774. The molecule has 0 aromatic rings. The van der Waals surface area contributed by atoms with Gasteiger partial charge in [0.2, 0.25) is 0 Å². The number of likely N-dealkylation sites (tertiary alicyclic amines) is 1. The standard InChI is InChI=1S/C11H19NO4/c1-2-16-11(15)12-6-3-9(4-7-12)10(14)5-8-13/h9,13H,2-8H2,1H3. The molecule has 1 saturated heterocycles. The molecule has 0 bridgehead atoms. The third-order valence-electron chi connectivity index (χ3n) is 2.83. The third kappa shape index (κ3) is 3.48. The highest BCUT2D eigenvalue weighted by molar-refractivity contribution is 5.81. The van der Waals surface area contributed by atoms with Gasteiger partial charge in [-0.25, -0.2) is 4.79 Å². The Morgan fingerprint density at radius 1 is 1.38 bits per heavy atom. The molecule has 1 aliphatic rings. The molecular formula is C11H19NO4. The number of nitrogens with zero attached hydrogens (tertiary/aromatic N) is 1. The number of hydrogen-bond acceptors (Lipinski definition) is 4. The van der Waals surface area contributed by atoms with Crippen LogP contribution in [0.25, 0.3) is 0 Å². The van der Waals surface area contributed by atoms with Gasteiger partial charge in [0.1, 0.15) is 5.78 Å². The number of aliphatic hydroxyl groups excluding tert-OH is 1. The molecule has 0 radical (unpaired) electrons. The zero-order valence-electron chi connectivity index (χ0n) is 9.65. The maximum atomic E-state index is 11.5. The fraction of sp³-hybridized carbons (Fsp3) is 0.818. The van der Waals surface area contributed by atoms with Crippen molar-refractivity contribution in [3.63, 3.8) is 0 Å². The summed E-state index contributed by atoms with van der Waals surface area (Å²) in [6.45, 7) is 3.20. The zero-order valence-corrected chi connectivity index (χ0v) is 9.65. The second-order valence-corrected chi connectivity index (χ2v) is 3.90. The number of rotatable bonds is 4. The number of piperidine rings is 1. The van der Waals surface area contributed by atoms with Crippen molar-refractivity contribution in [2.75, 3.05) is 26.3 Å². The molecule has 0 atom stereocenters. The lowest BCUT2D eigenvalue weighted by Gasteiger charge is -2.30. The van der Waals surface area contributed by atoms with Crippen LogP contribution in [0.15, 0.2) is 0 Å². The summed E-state index contributed by atoms with van der Waals surface area (Å²) >= 11 is 0. The van der Waals surface area contributed by atoms with Crippen molar-refractivity contribution in [3.05, 3.63) is 0 Å². The number of hydrogen-bond donors (Lipinski definition) is 1. The van der Waals surface area contributed by atoms with Crippen molar-refractivity contribution in [1.82, 2.24) is 4.90 Å². The molecule has 0 saturated carbocycles. The molecule has 1 aliphatic heterocycles. The molecule has 92 valence electrons. The summed E-state index contributed by atoms with van der Waals surface area (Å²) in [5, 5.41) is 8.67. The van der Waals surface area contributed by atoms with E-state index in [9.17, 15) is 9.59 Å². The van der Waals surface area contributed by atoms with Gasteiger partial charge in [0.05, 0.1) is 6.61 Å². The Kier molecular flexibility index (Phi) is 5.25. The average Bonchev–Trinajstić information content (AvgIpc) is 2.30. The van der Waals surface area contributed by atoms with Crippen LogP contribution in [0.2, 0.25) is 0 Å². The summed E-state index contributed by atoms with van der Waals surface area (Å²) in [7, 11) is 0. The van der Waals surface area contributed by atoms with Gasteiger partial charge < -0.3 is 14.7 Å². The van der Waals surface area contributed by atoms with Crippen molar-refractivity contribution >= 4 is 11.9 Å². The summed E-state index contributed by atoms with van der Waals surface area (Å²) in [5.74, 6) is 0.101. The maximum Gasteiger partial charge on any atom is 0.409 e. The smallest absolute Gasteiger partial charge is 0.409 e. The molecule has 1 fully saturated rings. The van der Waals surface area contributed by atoms with Gasteiger partial charge in [-0.3, -0.25) is 4.79 Å². The number of Topliss-reactive ketones (excluding diaryl/α,β-unsaturated/α-hetero) is 1. The summed E-state index contributed by atoms with van der Waals surface area (Å²) in [6.07, 6.45) is 1.29. The Hall–Kier alpha value is -1.10. The normalized spacial score (nSPS) is 17.2. The van der Waals surface area contributed by atoms with Gasteiger partial charge in [-0.15, -0.1) is 0 Å². The molecule has 16 heavy (non-hydrogen) atoms. The van der Waals surface area contributed by atoms with E-state index in [1.807, 2.05) is 0 Å². The molecule has 0 aromatic carbocycles. The minimum atomic E-state index is -0.296. The van der Waals surface area contributed by atoms with Crippen molar-refractivity contribution in [1.29, 1.82) is 0 Å². The second kappa shape index (κ2) is 6.48. The molecule has 1 heterocycles. The average molecular weight is 229 g/mol. The first-order chi connectivity index (χ1) is 7.69. The van der Waals surface area contributed by atoms with E-state index in [0.717, 1.165) is 0 Å². The number of carbonyl (C=O) groups is 2. The second-order valence-electron chi connectivity index (χ2n) is 3.90. The fourth-order valence-corrected chi connectivity index (χ4v) is 1.91. The van der Waals surface area contributed by atoms with Gasteiger partial charge in [-0.2, -0.15) is 0 Å². The molecule has 0 spiro atoms. The van der Waals surface area contributed by atoms with Gasteiger partial charge >= 0.3 is 6.09 Å². The Labute approximate surface area is 95.4 Å². The first-order valence-electron chi connectivity index (χ1n) is 5.74. The molecule has 1 rings (SSSR count). The molecule has 0 aromatic heterocycles. The highest BCUT2D eigenvalue weighted by atomic mass is 16.6. The van der Waals surface area contributed by atoms with E-state index in [2.05, 4.69) is 0 Å². The number of amides is 1. The Morgan fingerprint density at radius 3 is 2.50 bits per heavy atom. The molecule has 5 nitrogen and oxygen atoms in total. The van der Waals surface area contributed by atoms with E-state index in [4.69, 9.17) is 9.84 Å². The summed E-state index contributed by atoms with van der Waals surface area (Å²) in [5.41, 5.74) is 0. The van der Waals surface area contributed by atoms with Crippen LogP contribution in [0, 0.1) is 5.92 Å². The van der Waals surface area contributed by atoms with E-state index in [1.165, 1.54) is 0 Å². The van der Waals surface area contributed by atoms with E-state index in [-0.39, 0.29) is 30.8 Å². The van der Waals surface area contributed by atoms with Gasteiger partial charge in [0.25, 0.3) is 0 Å². The van der Waals surface area contributed by atoms with E-state index >= 15 is 0 Å². The molecule has 0 aliphatic carbocycles. The highest BCUT2D eigenvalue weighted by Crippen LogP contribution is 2.19. The van der Waals surface area contributed by atoms with Gasteiger partial charge in [-0.05, 0) is 19.8 Å². The van der Waals surface area contributed by atoms with E-state index in [0.29, 0.717) is 32.5 Å². The lowest BCUT2D eigenvalue weighted by Crippen LogP contribution is -2.40. The predicted octanol–water partition coefficient (Wildman–Crippen LogP) is 0.806. The molecule has 1 amide bonds. The van der Waals surface area contributed by atoms with Gasteiger partial charge in [0, 0.05) is 32.0 Å². The molecule has 0 unspecified atom stereocenters. The van der Waals surface area contributed by atoms with Crippen molar-refractivity contribution in [2.24, 2.45) is 5.92 Å². The Morgan fingerprint density at radius 2 is 2.00 bits per heavy atom.